The second-order valence-corrected chi connectivity index (χ2v) is 6.96. The van der Waals surface area contributed by atoms with Crippen molar-refractivity contribution in [2.45, 2.75) is 25.6 Å². The smallest absolute Gasteiger partial charge is 0.127 e. The predicted octanol–water partition coefficient (Wildman–Crippen LogP) is 2.61. The predicted molar refractivity (Wildman–Crippen MR) is 102 cm³/mol. The first-order valence-electron chi connectivity index (χ1n) is 9.27. The van der Waals surface area contributed by atoms with Gasteiger partial charge in [-0.1, -0.05) is 24.3 Å². The molecule has 0 saturated carbocycles. The minimum atomic E-state index is -0.189. The number of hydrogen-bond donors (Lipinski definition) is 2. The lowest BCUT2D eigenvalue weighted by Crippen LogP contribution is -2.52. The van der Waals surface area contributed by atoms with Crippen LogP contribution in [0.2, 0.25) is 0 Å². The number of methoxy groups -OCH3 is 1. The molecule has 146 valence electrons. The van der Waals surface area contributed by atoms with Gasteiger partial charge in [-0.3, -0.25) is 9.80 Å². The molecule has 5 nitrogen and oxygen atoms in total. The Bertz CT molecular complexity index is 756. The van der Waals surface area contributed by atoms with E-state index in [2.05, 4.69) is 9.80 Å². The van der Waals surface area contributed by atoms with Crippen LogP contribution in [-0.4, -0.2) is 59.4 Å². The standard InChI is InChI=1S/C21H27FN2O3/c1-27-19-7-6-17(21(26)12-19)13-23-9-10-24(18(15-23)8-11-25)14-16-4-2-3-5-20(16)22/h2-7,12,18,25-26H,8-11,13-15H2,1H3/t18-/m1/s1. The second kappa shape index (κ2) is 9.17. The Balaban J connectivity index is 1.66. The molecule has 2 aromatic carbocycles. The normalized spacial score (nSPS) is 18.6. The third kappa shape index (κ3) is 4.97. The molecule has 2 N–H and O–H groups in total. The first-order chi connectivity index (χ1) is 13.1. The third-order valence-electron chi connectivity index (χ3n) is 5.17. The van der Waals surface area contributed by atoms with Crippen LogP contribution in [0.3, 0.4) is 0 Å². The summed E-state index contributed by atoms with van der Waals surface area (Å²) in [6.07, 6.45) is 0.638. The Kier molecular flexibility index (Phi) is 6.66. The van der Waals surface area contributed by atoms with E-state index in [4.69, 9.17) is 4.74 Å². The SMILES string of the molecule is COc1ccc(CN2CCN(Cc3ccccc3F)[C@H](CCO)C2)c(O)c1. The highest BCUT2D eigenvalue weighted by Crippen LogP contribution is 2.26. The van der Waals surface area contributed by atoms with Gasteiger partial charge in [0.25, 0.3) is 0 Å². The molecule has 0 amide bonds. The molecule has 0 spiro atoms. The largest absolute Gasteiger partial charge is 0.507 e. The molecule has 6 heteroatoms. The maximum absolute atomic E-state index is 14.0. The van der Waals surface area contributed by atoms with Crippen LogP contribution in [0.15, 0.2) is 42.5 Å². The van der Waals surface area contributed by atoms with Crippen LogP contribution < -0.4 is 4.74 Å². The summed E-state index contributed by atoms with van der Waals surface area (Å²) in [5.41, 5.74) is 1.53. The van der Waals surface area contributed by atoms with Crippen LogP contribution in [0.4, 0.5) is 4.39 Å². The number of ether oxygens (including phenoxy) is 1. The number of halogens is 1. The highest BCUT2D eigenvalue weighted by atomic mass is 19.1. The van der Waals surface area contributed by atoms with Gasteiger partial charge in [0.2, 0.25) is 0 Å². The van der Waals surface area contributed by atoms with Crippen LogP contribution in [0.1, 0.15) is 17.5 Å². The van der Waals surface area contributed by atoms with E-state index in [1.165, 1.54) is 6.07 Å². The van der Waals surface area contributed by atoms with Crippen LogP contribution in [0.5, 0.6) is 11.5 Å². The number of rotatable bonds is 7. The fourth-order valence-corrected chi connectivity index (χ4v) is 3.62. The zero-order chi connectivity index (χ0) is 19.2. The van der Waals surface area contributed by atoms with E-state index in [9.17, 15) is 14.6 Å². The summed E-state index contributed by atoms with van der Waals surface area (Å²) in [4.78, 5) is 4.50. The van der Waals surface area contributed by atoms with Crippen LogP contribution in [-0.2, 0) is 13.1 Å². The van der Waals surface area contributed by atoms with Gasteiger partial charge in [0, 0.05) is 62.6 Å². The molecule has 1 saturated heterocycles. The van der Waals surface area contributed by atoms with Crippen molar-refractivity contribution in [1.29, 1.82) is 0 Å². The van der Waals surface area contributed by atoms with Crippen molar-refractivity contribution >= 4 is 0 Å². The molecule has 1 atom stereocenters. The molecule has 1 aliphatic rings. The van der Waals surface area contributed by atoms with Crippen LogP contribution in [0, 0.1) is 5.82 Å². The van der Waals surface area contributed by atoms with E-state index >= 15 is 0 Å². The zero-order valence-corrected chi connectivity index (χ0v) is 15.6. The summed E-state index contributed by atoms with van der Waals surface area (Å²) in [7, 11) is 1.57. The van der Waals surface area contributed by atoms with Gasteiger partial charge < -0.3 is 14.9 Å². The number of phenolic OH excluding ortho intramolecular Hbond substituents is 1. The second-order valence-electron chi connectivity index (χ2n) is 6.96. The van der Waals surface area contributed by atoms with Gasteiger partial charge in [-0.05, 0) is 18.6 Å². The average molecular weight is 374 g/mol. The Hall–Kier alpha value is -2.15. The molecule has 1 heterocycles. The van der Waals surface area contributed by atoms with E-state index in [1.807, 2.05) is 24.3 Å². The summed E-state index contributed by atoms with van der Waals surface area (Å²) in [5.74, 6) is 0.664. The molecule has 3 rings (SSSR count). The number of phenols is 1. The van der Waals surface area contributed by atoms with Crippen molar-refractivity contribution in [1.82, 2.24) is 9.80 Å². The average Bonchev–Trinajstić information content (AvgIpc) is 2.67. The number of hydrogen-bond acceptors (Lipinski definition) is 5. The Morgan fingerprint density at radius 1 is 1.11 bits per heavy atom. The number of aliphatic hydroxyl groups excluding tert-OH is 1. The van der Waals surface area contributed by atoms with E-state index in [1.54, 1.807) is 19.2 Å². The van der Waals surface area contributed by atoms with Gasteiger partial charge in [-0.15, -0.1) is 0 Å². The van der Waals surface area contributed by atoms with E-state index in [0.717, 1.165) is 25.2 Å². The quantitative estimate of drug-likeness (QED) is 0.780. The van der Waals surface area contributed by atoms with Gasteiger partial charge in [0.15, 0.2) is 0 Å². The van der Waals surface area contributed by atoms with Crippen LogP contribution >= 0.6 is 0 Å². The summed E-state index contributed by atoms with van der Waals surface area (Å²) >= 11 is 0. The maximum atomic E-state index is 14.0. The Labute approximate surface area is 159 Å². The van der Waals surface area contributed by atoms with Gasteiger partial charge in [-0.2, -0.15) is 0 Å². The van der Waals surface area contributed by atoms with Gasteiger partial charge in [0.05, 0.1) is 7.11 Å². The number of piperazine rings is 1. The first-order valence-corrected chi connectivity index (χ1v) is 9.27. The lowest BCUT2D eigenvalue weighted by atomic mass is 10.1. The van der Waals surface area contributed by atoms with E-state index in [0.29, 0.717) is 30.8 Å². The molecule has 2 aromatic rings. The third-order valence-corrected chi connectivity index (χ3v) is 5.17. The van der Waals surface area contributed by atoms with Crippen molar-refractivity contribution in [3.63, 3.8) is 0 Å². The number of benzene rings is 2. The van der Waals surface area contributed by atoms with Crippen LogP contribution in [0.25, 0.3) is 0 Å². The summed E-state index contributed by atoms with van der Waals surface area (Å²) in [5, 5.41) is 19.7. The summed E-state index contributed by atoms with van der Waals surface area (Å²) in [6, 6.07) is 12.3. The molecule has 1 aliphatic heterocycles. The molecule has 0 bridgehead atoms. The molecule has 0 radical (unpaired) electrons. The fraction of sp³-hybridized carbons (Fsp3) is 0.429. The van der Waals surface area contributed by atoms with Crippen molar-refractivity contribution in [3.8, 4) is 11.5 Å². The van der Waals surface area contributed by atoms with Gasteiger partial charge >= 0.3 is 0 Å². The molecule has 0 aromatic heterocycles. The molecule has 27 heavy (non-hydrogen) atoms. The first kappa shape index (κ1) is 19.6. The molecule has 0 aliphatic carbocycles. The lowest BCUT2D eigenvalue weighted by molar-refractivity contribution is 0.0489. The van der Waals surface area contributed by atoms with Crippen molar-refractivity contribution in [3.05, 3.63) is 59.4 Å². The topological polar surface area (TPSA) is 56.2 Å². The van der Waals surface area contributed by atoms with Gasteiger partial charge in [0.1, 0.15) is 17.3 Å². The highest BCUT2D eigenvalue weighted by molar-refractivity contribution is 5.39. The Morgan fingerprint density at radius 2 is 1.93 bits per heavy atom. The highest BCUT2D eigenvalue weighted by Gasteiger charge is 2.27. The van der Waals surface area contributed by atoms with Gasteiger partial charge in [-0.25, -0.2) is 4.39 Å². The zero-order valence-electron chi connectivity index (χ0n) is 15.6. The maximum Gasteiger partial charge on any atom is 0.127 e. The van der Waals surface area contributed by atoms with Crippen molar-refractivity contribution in [2.75, 3.05) is 33.4 Å². The number of nitrogens with zero attached hydrogens (tertiary/aromatic N) is 2. The molecule has 0 unspecified atom stereocenters. The summed E-state index contributed by atoms with van der Waals surface area (Å²) < 4.78 is 19.1. The number of aromatic hydroxyl groups is 1. The summed E-state index contributed by atoms with van der Waals surface area (Å²) in [6.45, 7) is 3.64. The minimum absolute atomic E-state index is 0.0973. The number of aliphatic hydroxyl groups is 1. The Morgan fingerprint density at radius 3 is 2.63 bits per heavy atom. The van der Waals surface area contributed by atoms with Crippen molar-refractivity contribution < 1.29 is 19.3 Å². The lowest BCUT2D eigenvalue weighted by Gasteiger charge is -2.41. The minimum Gasteiger partial charge on any atom is -0.507 e. The molecular weight excluding hydrogens is 347 g/mol. The van der Waals surface area contributed by atoms with E-state index < -0.39 is 0 Å². The molecule has 1 fully saturated rings. The fourth-order valence-electron chi connectivity index (χ4n) is 3.62. The van der Waals surface area contributed by atoms with Crippen molar-refractivity contribution in [2.24, 2.45) is 0 Å². The monoisotopic (exact) mass is 374 g/mol. The molecular formula is C21H27FN2O3. The van der Waals surface area contributed by atoms with E-state index in [-0.39, 0.29) is 24.2 Å².